The van der Waals surface area contributed by atoms with E-state index >= 15 is 0 Å². The third-order valence-electron chi connectivity index (χ3n) is 4.66. The second-order valence-corrected chi connectivity index (χ2v) is 7.04. The predicted molar refractivity (Wildman–Crippen MR) is 109 cm³/mol. The smallest absolute Gasteiger partial charge is 0.252 e. The minimum atomic E-state index is -0.517. The molecular weight excluding hydrogens is 338 g/mol. The van der Waals surface area contributed by atoms with Gasteiger partial charge in [-0.3, -0.25) is 4.79 Å². The van der Waals surface area contributed by atoms with E-state index in [2.05, 4.69) is 22.5 Å². The highest BCUT2D eigenvalue weighted by Gasteiger charge is 2.23. The molecule has 6 nitrogen and oxygen atoms in total. The number of amides is 1. The van der Waals surface area contributed by atoms with Gasteiger partial charge in [0.15, 0.2) is 0 Å². The summed E-state index contributed by atoms with van der Waals surface area (Å²) >= 11 is 0. The summed E-state index contributed by atoms with van der Waals surface area (Å²) in [6.45, 7) is 4.10. The van der Waals surface area contributed by atoms with Crippen LogP contribution in [-0.4, -0.2) is 16.4 Å². The average Bonchev–Trinajstić information content (AvgIpc) is 2.65. The molecule has 140 valence electrons. The van der Waals surface area contributed by atoms with Crippen molar-refractivity contribution in [2.45, 2.75) is 31.8 Å². The van der Waals surface area contributed by atoms with E-state index < -0.39 is 5.91 Å². The van der Waals surface area contributed by atoms with Crippen molar-refractivity contribution in [2.24, 2.45) is 11.5 Å². The first kappa shape index (κ1) is 18.5. The molecular formula is C21H25N5O. The minimum Gasteiger partial charge on any atom is -0.399 e. The van der Waals surface area contributed by atoms with Crippen LogP contribution in [0.1, 0.15) is 42.2 Å². The number of benzene rings is 1. The Morgan fingerprint density at radius 3 is 2.67 bits per heavy atom. The van der Waals surface area contributed by atoms with Gasteiger partial charge in [0.2, 0.25) is 0 Å². The fourth-order valence-corrected chi connectivity index (χ4v) is 3.03. The first-order valence-corrected chi connectivity index (χ1v) is 8.91. The SMILES string of the molecule is C[C@@H](Nc1cc(NC2(C)C=CC(N)=CC2)ncc1C(N)=O)c1ccccc1. The molecule has 1 amide bonds. The van der Waals surface area contributed by atoms with Crippen LogP contribution in [0.2, 0.25) is 0 Å². The fourth-order valence-electron chi connectivity index (χ4n) is 3.03. The lowest BCUT2D eigenvalue weighted by Gasteiger charge is -2.30. The Morgan fingerprint density at radius 2 is 2.04 bits per heavy atom. The molecule has 1 aromatic heterocycles. The summed E-state index contributed by atoms with van der Waals surface area (Å²) in [5, 5.41) is 6.78. The third-order valence-corrected chi connectivity index (χ3v) is 4.66. The first-order chi connectivity index (χ1) is 12.9. The molecule has 0 radical (unpaired) electrons. The first-order valence-electron chi connectivity index (χ1n) is 8.91. The van der Waals surface area contributed by atoms with Crippen LogP contribution in [0.25, 0.3) is 0 Å². The molecule has 6 heteroatoms. The van der Waals surface area contributed by atoms with Crippen LogP contribution in [0.4, 0.5) is 11.5 Å². The van der Waals surface area contributed by atoms with Crippen LogP contribution in [0.5, 0.6) is 0 Å². The fraction of sp³-hybridized carbons (Fsp3) is 0.238. The van der Waals surface area contributed by atoms with Gasteiger partial charge in [0, 0.05) is 24.0 Å². The molecule has 0 bridgehead atoms. The molecule has 1 unspecified atom stereocenters. The maximum atomic E-state index is 11.8. The van der Waals surface area contributed by atoms with Gasteiger partial charge in [0.05, 0.1) is 16.8 Å². The molecule has 0 saturated carbocycles. The number of carbonyl (C=O) groups excluding carboxylic acids is 1. The van der Waals surface area contributed by atoms with Crippen molar-refractivity contribution in [2.75, 3.05) is 10.6 Å². The number of primary amides is 1. The molecule has 27 heavy (non-hydrogen) atoms. The van der Waals surface area contributed by atoms with Crippen LogP contribution >= 0.6 is 0 Å². The highest BCUT2D eigenvalue weighted by atomic mass is 16.1. The normalized spacial score (nSPS) is 19.9. The molecule has 1 aliphatic carbocycles. The van der Waals surface area contributed by atoms with E-state index in [1.807, 2.05) is 61.5 Å². The second-order valence-electron chi connectivity index (χ2n) is 7.04. The molecule has 0 spiro atoms. The highest BCUT2D eigenvalue weighted by Crippen LogP contribution is 2.28. The zero-order chi connectivity index (χ0) is 19.4. The van der Waals surface area contributed by atoms with Crippen LogP contribution in [0.3, 0.4) is 0 Å². The molecule has 6 N–H and O–H groups in total. The summed E-state index contributed by atoms with van der Waals surface area (Å²) in [6, 6.07) is 11.8. The average molecular weight is 363 g/mol. The number of nitrogens with zero attached hydrogens (tertiary/aromatic N) is 1. The van der Waals surface area contributed by atoms with Crippen molar-refractivity contribution in [1.82, 2.24) is 4.98 Å². The quantitative estimate of drug-likeness (QED) is 0.630. The van der Waals surface area contributed by atoms with Crippen molar-refractivity contribution in [1.29, 1.82) is 0 Å². The van der Waals surface area contributed by atoms with Gasteiger partial charge in [0.1, 0.15) is 5.82 Å². The van der Waals surface area contributed by atoms with Gasteiger partial charge in [-0.15, -0.1) is 0 Å². The molecule has 1 aliphatic rings. The van der Waals surface area contributed by atoms with Gasteiger partial charge < -0.3 is 22.1 Å². The third kappa shape index (κ3) is 4.47. The lowest BCUT2D eigenvalue weighted by molar-refractivity contribution is 0.100. The monoisotopic (exact) mass is 363 g/mol. The minimum absolute atomic E-state index is 0.00689. The summed E-state index contributed by atoms with van der Waals surface area (Å²) in [5.41, 5.74) is 13.9. The van der Waals surface area contributed by atoms with Crippen molar-refractivity contribution in [3.05, 3.63) is 77.6 Å². The summed E-state index contributed by atoms with van der Waals surface area (Å²) in [7, 11) is 0. The molecule has 1 aromatic carbocycles. The van der Waals surface area contributed by atoms with Gasteiger partial charge in [-0.2, -0.15) is 0 Å². The van der Waals surface area contributed by atoms with Crippen molar-refractivity contribution in [3.8, 4) is 0 Å². The lowest BCUT2D eigenvalue weighted by atomic mass is 9.92. The molecule has 2 atom stereocenters. The number of pyridine rings is 1. The van der Waals surface area contributed by atoms with E-state index in [1.54, 1.807) is 0 Å². The summed E-state index contributed by atoms with van der Waals surface area (Å²) in [4.78, 5) is 16.2. The van der Waals surface area contributed by atoms with E-state index in [-0.39, 0.29) is 11.6 Å². The van der Waals surface area contributed by atoms with E-state index in [4.69, 9.17) is 11.5 Å². The van der Waals surface area contributed by atoms with Gasteiger partial charge in [-0.05, 0) is 31.9 Å². The Morgan fingerprint density at radius 1 is 1.30 bits per heavy atom. The Balaban J connectivity index is 1.85. The number of anilines is 2. The van der Waals surface area contributed by atoms with Crippen LogP contribution in [0.15, 0.2) is 66.5 Å². The van der Waals surface area contributed by atoms with E-state index in [0.717, 1.165) is 17.7 Å². The van der Waals surface area contributed by atoms with Gasteiger partial charge in [0.25, 0.3) is 5.91 Å². The van der Waals surface area contributed by atoms with E-state index in [9.17, 15) is 4.79 Å². The number of rotatable bonds is 6. The number of nitrogens with one attached hydrogen (secondary N) is 2. The maximum absolute atomic E-state index is 11.8. The zero-order valence-corrected chi connectivity index (χ0v) is 15.6. The predicted octanol–water partition coefficient (Wildman–Crippen LogP) is 3.33. The Hall–Kier alpha value is -3.28. The van der Waals surface area contributed by atoms with Crippen LogP contribution < -0.4 is 22.1 Å². The number of aromatic nitrogens is 1. The molecule has 3 rings (SSSR count). The molecule has 0 aliphatic heterocycles. The summed E-state index contributed by atoms with van der Waals surface area (Å²) in [5.74, 6) is 0.139. The van der Waals surface area contributed by atoms with Gasteiger partial charge >= 0.3 is 0 Å². The largest absolute Gasteiger partial charge is 0.399 e. The Kier molecular flexibility index (Phi) is 5.16. The number of nitrogens with two attached hydrogens (primary N) is 2. The van der Waals surface area contributed by atoms with Gasteiger partial charge in [-0.1, -0.05) is 42.5 Å². The zero-order valence-electron chi connectivity index (χ0n) is 15.6. The standard InChI is InChI=1S/C21H25N5O/c1-14(15-6-4-3-5-7-15)25-18-12-19(24-13-17(18)20(23)27)26-21(2)10-8-16(22)9-11-21/h3-10,12-14H,11,22H2,1-2H3,(H2,23,27)(H2,24,25,26)/t14-,21?/m1/s1. The number of carbonyl (C=O) groups is 1. The number of hydrogen-bond acceptors (Lipinski definition) is 5. The van der Waals surface area contributed by atoms with E-state index in [0.29, 0.717) is 17.1 Å². The summed E-state index contributed by atoms with van der Waals surface area (Å²) < 4.78 is 0. The van der Waals surface area contributed by atoms with Crippen LogP contribution in [-0.2, 0) is 0 Å². The summed E-state index contributed by atoms with van der Waals surface area (Å²) in [6.07, 6.45) is 8.13. The van der Waals surface area contributed by atoms with Crippen molar-refractivity contribution in [3.63, 3.8) is 0 Å². The Bertz CT molecular complexity index is 891. The Labute approximate surface area is 159 Å². The van der Waals surface area contributed by atoms with Crippen LogP contribution in [0, 0.1) is 0 Å². The number of hydrogen-bond donors (Lipinski definition) is 4. The lowest BCUT2D eigenvalue weighted by Crippen LogP contribution is -2.34. The molecule has 2 aromatic rings. The van der Waals surface area contributed by atoms with Gasteiger partial charge in [-0.25, -0.2) is 4.98 Å². The molecule has 0 saturated heterocycles. The van der Waals surface area contributed by atoms with Crippen molar-refractivity contribution >= 4 is 17.4 Å². The second kappa shape index (κ2) is 7.53. The topological polar surface area (TPSA) is 106 Å². The number of allylic oxidation sites excluding steroid dienone is 1. The molecule has 0 fully saturated rings. The maximum Gasteiger partial charge on any atom is 0.252 e. The van der Waals surface area contributed by atoms with Crippen molar-refractivity contribution < 1.29 is 4.79 Å². The highest BCUT2D eigenvalue weighted by molar-refractivity contribution is 5.98. The van der Waals surface area contributed by atoms with E-state index in [1.165, 1.54) is 6.20 Å². The molecule has 1 heterocycles.